The first-order valence-electron chi connectivity index (χ1n) is 5.62. The van der Waals surface area contributed by atoms with E-state index in [1.165, 1.54) is 0 Å². The van der Waals surface area contributed by atoms with Crippen molar-refractivity contribution in [2.75, 3.05) is 20.3 Å². The molecular formula is C11H20N4O2. The van der Waals surface area contributed by atoms with Crippen molar-refractivity contribution in [3.63, 3.8) is 0 Å². The lowest BCUT2D eigenvalue weighted by Crippen LogP contribution is -2.34. The summed E-state index contributed by atoms with van der Waals surface area (Å²) >= 11 is 0. The van der Waals surface area contributed by atoms with Crippen LogP contribution >= 0.6 is 0 Å². The molecule has 1 aromatic heterocycles. The molecule has 0 spiro atoms. The fourth-order valence-corrected chi connectivity index (χ4v) is 1.54. The zero-order chi connectivity index (χ0) is 12.8. The molecule has 6 nitrogen and oxygen atoms in total. The molecular weight excluding hydrogens is 220 g/mol. The molecule has 1 heterocycles. The smallest absolute Gasteiger partial charge is 0.242 e. The van der Waals surface area contributed by atoms with Crippen LogP contribution in [-0.4, -0.2) is 35.7 Å². The number of carbonyl (C=O) groups is 1. The molecule has 1 rings (SSSR count). The third-order valence-corrected chi connectivity index (χ3v) is 2.56. The molecule has 96 valence electrons. The van der Waals surface area contributed by atoms with E-state index in [0.29, 0.717) is 13.2 Å². The number of rotatable bonds is 6. The number of hydrogen-bond donors (Lipinski definition) is 2. The van der Waals surface area contributed by atoms with Gasteiger partial charge in [0.2, 0.25) is 5.91 Å². The van der Waals surface area contributed by atoms with Crippen LogP contribution in [0.25, 0.3) is 0 Å². The predicted molar refractivity (Wildman–Crippen MR) is 64.4 cm³/mol. The number of nitrogens with one attached hydrogen (secondary N) is 1. The van der Waals surface area contributed by atoms with E-state index in [-0.39, 0.29) is 18.0 Å². The van der Waals surface area contributed by atoms with Crippen molar-refractivity contribution in [3.05, 3.63) is 18.2 Å². The predicted octanol–water partition coefficient (Wildman–Crippen LogP) is 0.226. The quantitative estimate of drug-likeness (QED) is 0.697. The van der Waals surface area contributed by atoms with Gasteiger partial charge in [-0.2, -0.15) is 0 Å². The normalized spacial score (nSPS) is 14.4. The van der Waals surface area contributed by atoms with Crippen LogP contribution in [-0.2, 0) is 9.53 Å². The Balaban J connectivity index is 2.65. The summed E-state index contributed by atoms with van der Waals surface area (Å²) in [6, 6.07) is -0.470. The molecule has 1 aromatic rings. The minimum Gasteiger partial charge on any atom is -0.383 e. The maximum atomic E-state index is 11.8. The van der Waals surface area contributed by atoms with Crippen LogP contribution in [0, 0.1) is 0 Å². The molecule has 0 saturated carbocycles. The topological polar surface area (TPSA) is 82.2 Å². The molecule has 3 N–H and O–H groups in total. The zero-order valence-corrected chi connectivity index (χ0v) is 10.5. The third kappa shape index (κ3) is 3.54. The first-order valence-corrected chi connectivity index (χ1v) is 5.62. The zero-order valence-electron chi connectivity index (χ0n) is 10.5. The van der Waals surface area contributed by atoms with E-state index >= 15 is 0 Å². The van der Waals surface area contributed by atoms with Crippen molar-refractivity contribution in [1.82, 2.24) is 14.9 Å². The van der Waals surface area contributed by atoms with Crippen LogP contribution in [0.15, 0.2) is 12.5 Å². The number of methoxy groups -OCH3 is 1. The number of carbonyl (C=O) groups excluding carboxylic acids is 1. The van der Waals surface area contributed by atoms with Gasteiger partial charge in [-0.3, -0.25) is 4.79 Å². The molecule has 0 aliphatic carbocycles. The van der Waals surface area contributed by atoms with E-state index in [9.17, 15) is 4.79 Å². The van der Waals surface area contributed by atoms with Crippen molar-refractivity contribution < 1.29 is 9.53 Å². The highest BCUT2D eigenvalue weighted by Gasteiger charge is 2.18. The average Bonchev–Trinajstić information content (AvgIpc) is 2.77. The van der Waals surface area contributed by atoms with Crippen molar-refractivity contribution in [1.29, 1.82) is 0 Å². The second-order valence-corrected chi connectivity index (χ2v) is 3.97. The molecule has 17 heavy (non-hydrogen) atoms. The number of amides is 1. The molecule has 0 aliphatic heterocycles. The van der Waals surface area contributed by atoms with E-state index < -0.39 is 0 Å². The number of imidazole rings is 1. The molecule has 6 heteroatoms. The van der Waals surface area contributed by atoms with Gasteiger partial charge in [-0.1, -0.05) is 0 Å². The van der Waals surface area contributed by atoms with Crippen LogP contribution in [0.5, 0.6) is 0 Å². The van der Waals surface area contributed by atoms with Crippen molar-refractivity contribution in [3.8, 4) is 0 Å². The van der Waals surface area contributed by atoms with Crippen LogP contribution in [0.3, 0.4) is 0 Å². The van der Waals surface area contributed by atoms with Gasteiger partial charge in [0, 0.05) is 25.9 Å². The summed E-state index contributed by atoms with van der Waals surface area (Å²) in [5.41, 5.74) is 6.65. The molecule has 0 radical (unpaired) electrons. The largest absolute Gasteiger partial charge is 0.383 e. The van der Waals surface area contributed by atoms with Crippen LogP contribution in [0.1, 0.15) is 31.6 Å². The van der Waals surface area contributed by atoms with Gasteiger partial charge in [-0.05, 0) is 13.8 Å². The Morgan fingerprint density at radius 3 is 2.94 bits per heavy atom. The van der Waals surface area contributed by atoms with Crippen molar-refractivity contribution in [2.45, 2.75) is 25.9 Å². The molecule has 0 bridgehead atoms. The van der Waals surface area contributed by atoms with E-state index in [2.05, 4.69) is 10.3 Å². The van der Waals surface area contributed by atoms with E-state index in [1.807, 2.05) is 13.8 Å². The molecule has 2 atom stereocenters. The Hall–Kier alpha value is -1.40. The lowest BCUT2D eigenvalue weighted by molar-refractivity contribution is -0.124. The van der Waals surface area contributed by atoms with Crippen LogP contribution in [0.4, 0.5) is 0 Å². The Bertz CT molecular complexity index is 362. The van der Waals surface area contributed by atoms with Crippen LogP contribution in [0.2, 0.25) is 0 Å². The summed E-state index contributed by atoms with van der Waals surface area (Å²) in [5.74, 6) is -0.0676. The van der Waals surface area contributed by atoms with Gasteiger partial charge < -0.3 is 20.4 Å². The monoisotopic (exact) mass is 240 g/mol. The maximum absolute atomic E-state index is 11.8. The standard InChI is InChI=1S/C11H20N4O2/c1-8(12)10-6-13-7-15(10)9(2)11(16)14-4-5-17-3/h6-9H,4-5,12H2,1-3H3,(H,14,16). The number of nitrogens with zero attached hydrogens (tertiary/aromatic N) is 2. The minimum absolute atomic E-state index is 0.0676. The average molecular weight is 240 g/mol. The van der Waals surface area contributed by atoms with Gasteiger partial charge in [-0.15, -0.1) is 0 Å². The highest BCUT2D eigenvalue weighted by Crippen LogP contribution is 2.15. The van der Waals surface area contributed by atoms with Gasteiger partial charge >= 0.3 is 0 Å². The fraction of sp³-hybridized carbons (Fsp3) is 0.636. The number of nitrogens with two attached hydrogens (primary N) is 1. The fourth-order valence-electron chi connectivity index (χ4n) is 1.54. The Morgan fingerprint density at radius 2 is 2.35 bits per heavy atom. The summed E-state index contributed by atoms with van der Waals surface area (Å²) in [5, 5.41) is 2.78. The van der Waals surface area contributed by atoms with E-state index in [4.69, 9.17) is 10.5 Å². The summed E-state index contributed by atoms with van der Waals surface area (Å²) in [6.07, 6.45) is 3.31. The molecule has 0 aliphatic rings. The van der Waals surface area contributed by atoms with Gasteiger partial charge in [0.25, 0.3) is 0 Å². The molecule has 0 aromatic carbocycles. The molecule has 2 unspecified atom stereocenters. The van der Waals surface area contributed by atoms with E-state index in [1.54, 1.807) is 24.2 Å². The first kappa shape index (κ1) is 13.7. The molecule has 1 amide bonds. The van der Waals surface area contributed by atoms with Gasteiger partial charge in [0.1, 0.15) is 6.04 Å². The second-order valence-electron chi connectivity index (χ2n) is 3.97. The van der Waals surface area contributed by atoms with E-state index in [0.717, 1.165) is 5.69 Å². The molecule has 0 saturated heterocycles. The highest BCUT2D eigenvalue weighted by molar-refractivity contribution is 5.79. The van der Waals surface area contributed by atoms with Gasteiger partial charge in [-0.25, -0.2) is 4.98 Å². The van der Waals surface area contributed by atoms with Gasteiger partial charge in [0.05, 0.1) is 18.6 Å². The number of ether oxygens (including phenoxy) is 1. The summed E-state index contributed by atoms with van der Waals surface area (Å²) in [4.78, 5) is 15.9. The SMILES string of the molecule is COCCNC(=O)C(C)n1cncc1C(C)N. The van der Waals surface area contributed by atoms with Crippen molar-refractivity contribution in [2.24, 2.45) is 5.73 Å². The Morgan fingerprint density at radius 1 is 1.65 bits per heavy atom. The molecule has 0 fully saturated rings. The Kier molecular flexibility index (Phi) is 5.11. The lowest BCUT2D eigenvalue weighted by atomic mass is 10.2. The Labute approximate surface area is 101 Å². The third-order valence-electron chi connectivity index (χ3n) is 2.56. The van der Waals surface area contributed by atoms with Crippen LogP contribution < -0.4 is 11.1 Å². The summed E-state index contributed by atoms with van der Waals surface area (Å²) < 4.78 is 6.66. The highest BCUT2D eigenvalue weighted by atomic mass is 16.5. The summed E-state index contributed by atoms with van der Waals surface area (Å²) in [6.45, 7) is 4.68. The number of aromatic nitrogens is 2. The lowest BCUT2D eigenvalue weighted by Gasteiger charge is -2.17. The second kappa shape index (κ2) is 6.36. The van der Waals surface area contributed by atoms with Gasteiger partial charge in [0.15, 0.2) is 0 Å². The minimum atomic E-state index is -0.324. The van der Waals surface area contributed by atoms with Crippen molar-refractivity contribution >= 4 is 5.91 Å². The first-order chi connectivity index (χ1) is 8.07. The summed E-state index contributed by atoms with van der Waals surface area (Å²) in [7, 11) is 1.60. The maximum Gasteiger partial charge on any atom is 0.242 e. The number of hydrogen-bond acceptors (Lipinski definition) is 4.